The first-order chi connectivity index (χ1) is 15.2. The monoisotopic (exact) mass is 461 g/mol. The average molecular weight is 462 g/mol. The second kappa shape index (κ2) is 8.87. The van der Waals surface area contributed by atoms with E-state index < -0.39 is 15.9 Å². The number of fused-ring (bicyclic) bond motifs is 1. The predicted molar refractivity (Wildman–Crippen MR) is 115 cm³/mol. The van der Waals surface area contributed by atoms with E-state index in [1.807, 2.05) is 0 Å². The van der Waals surface area contributed by atoms with Crippen LogP contribution in [0, 0.1) is 18.7 Å². The first kappa shape index (κ1) is 22.2. The number of carbonyl (C=O) groups excluding carboxylic acids is 2. The maximum Gasteiger partial charge on any atom is 0.262 e. The molecule has 0 spiro atoms. The van der Waals surface area contributed by atoms with Crippen molar-refractivity contribution in [3.8, 4) is 5.75 Å². The van der Waals surface area contributed by atoms with E-state index in [0.717, 1.165) is 5.56 Å². The fraction of sp³-hybridized carbons (Fsp3) is 0.364. The minimum absolute atomic E-state index is 0.0751. The Morgan fingerprint density at radius 3 is 2.78 bits per heavy atom. The van der Waals surface area contributed by atoms with Crippen LogP contribution in [0.15, 0.2) is 41.3 Å². The number of amides is 2. The molecule has 8 nitrogen and oxygen atoms in total. The van der Waals surface area contributed by atoms with Crippen molar-refractivity contribution in [3.05, 3.63) is 53.3 Å². The highest BCUT2D eigenvalue weighted by Crippen LogP contribution is 2.35. The summed E-state index contributed by atoms with van der Waals surface area (Å²) >= 11 is 0. The van der Waals surface area contributed by atoms with Gasteiger partial charge in [0, 0.05) is 25.7 Å². The number of aryl methyl sites for hydroxylation is 1. The molecule has 2 amide bonds. The van der Waals surface area contributed by atoms with Crippen molar-refractivity contribution in [2.24, 2.45) is 5.92 Å². The van der Waals surface area contributed by atoms with Crippen LogP contribution in [0.1, 0.15) is 24.0 Å². The topological polar surface area (TPSA) is 105 Å². The average Bonchev–Trinajstić information content (AvgIpc) is 2.78. The fourth-order valence-electron chi connectivity index (χ4n) is 3.94. The second-order valence-electron chi connectivity index (χ2n) is 8.00. The molecule has 1 fully saturated rings. The number of nitrogens with zero attached hydrogens (tertiary/aromatic N) is 1. The lowest BCUT2D eigenvalue weighted by molar-refractivity contribution is -0.126. The van der Waals surface area contributed by atoms with Gasteiger partial charge in [0.2, 0.25) is 15.9 Å². The van der Waals surface area contributed by atoms with E-state index in [0.29, 0.717) is 36.4 Å². The Kier molecular flexibility index (Phi) is 6.16. The summed E-state index contributed by atoms with van der Waals surface area (Å²) < 4.78 is 46.4. The summed E-state index contributed by atoms with van der Waals surface area (Å²) in [5, 5.41) is 5.48. The number of anilines is 1. The molecule has 10 heteroatoms. The lowest BCUT2D eigenvalue weighted by Gasteiger charge is -2.32. The number of ether oxygens (including phenoxy) is 1. The Bertz CT molecular complexity index is 1150. The van der Waals surface area contributed by atoms with Gasteiger partial charge in [0.05, 0.1) is 16.5 Å². The van der Waals surface area contributed by atoms with Crippen LogP contribution >= 0.6 is 0 Å². The van der Waals surface area contributed by atoms with Crippen molar-refractivity contribution in [2.45, 2.75) is 31.2 Å². The molecule has 2 aliphatic rings. The zero-order chi connectivity index (χ0) is 22.9. The zero-order valence-corrected chi connectivity index (χ0v) is 18.4. The van der Waals surface area contributed by atoms with Gasteiger partial charge >= 0.3 is 0 Å². The molecule has 2 aromatic rings. The lowest BCUT2D eigenvalue weighted by atomic mass is 9.99. The zero-order valence-electron chi connectivity index (χ0n) is 17.6. The van der Waals surface area contributed by atoms with Crippen LogP contribution < -0.4 is 15.4 Å². The highest BCUT2D eigenvalue weighted by atomic mass is 32.2. The van der Waals surface area contributed by atoms with E-state index in [-0.39, 0.29) is 42.2 Å². The smallest absolute Gasteiger partial charge is 0.262 e. The summed E-state index contributed by atoms with van der Waals surface area (Å²) in [6.45, 7) is 2.12. The van der Waals surface area contributed by atoms with Crippen LogP contribution in [0.4, 0.5) is 10.1 Å². The summed E-state index contributed by atoms with van der Waals surface area (Å²) in [5.74, 6) is -1.05. The number of carbonyl (C=O) groups is 2. The minimum atomic E-state index is -3.86. The Labute approximate surface area is 185 Å². The van der Waals surface area contributed by atoms with Gasteiger partial charge in [-0.1, -0.05) is 12.1 Å². The van der Waals surface area contributed by atoms with Crippen LogP contribution in [-0.4, -0.2) is 44.2 Å². The first-order valence-electron chi connectivity index (χ1n) is 10.3. The molecule has 2 aromatic carbocycles. The van der Waals surface area contributed by atoms with Gasteiger partial charge < -0.3 is 15.4 Å². The molecule has 0 radical (unpaired) electrons. The maximum atomic E-state index is 13.4. The highest BCUT2D eigenvalue weighted by molar-refractivity contribution is 7.89. The number of benzene rings is 2. The van der Waals surface area contributed by atoms with Crippen LogP contribution in [0.2, 0.25) is 0 Å². The van der Waals surface area contributed by atoms with E-state index in [1.165, 1.54) is 22.5 Å². The first-order valence-corrected chi connectivity index (χ1v) is 11.8. The number of halogens is 1. The molecule has 0 unspecified atom stereocenters. The quantitative estimate of drug-likeness (QED) is 0.710. The van der Waals surface area contributed by atoms with Gasteiger partial charge in [0.25, 0.3) is 5.91 Å². The number of nitrogens with one attached hydrogen (secondary N) is 2. The predicted octanol–water partition coefficient (Wildman–Crippen LogP) is 2.18. The molecule has 2 aliphatic heterocycles. The van der Waals surface area contributed by atoms with E-state index in [2.05, 4.69) is 10.6 Å². The number of piperidine rings is 1. The third-order valence-corrected chi connectivity index (χ3v) is 7.67. The minimum Gasteiger partial charge on any atom is -0.482 e. The number of hydrogen-bond acceptors (Lipinski definition) is 5. The maximum absolute atomic E-state index is 13.4. The van der Waals surface area contributed by atoms with E-state index in [9.17, 15) is 22.4 Å². The van der Waals surface area contributed by atoms with E-state index in [4.69, 9.17) is 4.74 Å². The Hall–Kier alpha value is -2.98. The number of hydrogen-bond donors (Lipinski definition) is 2. The summed E-state index contributed by atoms with van der Waals surface area (Å²) in [5.41, 5.74) is 1.68. The van der Waals surface area contributed by atoms with Crippen molar-refractivity contribution in [1.82, 2.24) is 9.62 Å². The SMILES string of the molecule is Cc1cc2c(cc1S(=O)(=O)N1CCC[C@H](C(=O)NCc3ccc(F)cc3)C1)OCC(=O)N2. The van der Waals surface area contributed by atoms with Gasteiger partial charge in [0.15, 0.2) is 6.61 Å². The van der Waals surface area contributed by atoms with Crippen LogP contribution in [0.5, 0.6) is 5.75 Å². The summed E-state index contributed by atoms with van der Waals surface area (Å²) in [4.78, 5) is 24.3. The highest BCUT2D eigenvalue weighted by Gasteiger charge is 2.35. The van der Waals surface area contributed by atoms with Crippen molar-refractivity contribution < 1.29 is 27.1 Å². The van der Waals surface area contributed by atoms with Crippen molar-refractivity contribution in [2.75, 3.05) is 25.0 Å². The van der Waals surface area contributed by atoms with E-state index in [1.54, 1.807) is 25.1 Å². The van der Waals surface area contributed by atoms with Gasteiger partial charge in [-0.25, -0.2) is 12.8 Å². The molecule has 0 saturated carbocycles. The Morgan fingerprint density at radius 2 is 2.03 bits per heavy atom. The van der Waals surface area contributed by atoms with Gasteiger partial charge in [-0.15, -0.1) is 0 Å². The number of rotatable bonds is 5. The third kappa shape index (κ3) is 4.61. The molecule has 170 valence electrons. The molecule has 2 heterocycles. The normalized spacial score (nSPS) is 18.9. The lowest BCUT2D eigenvalue weighted by Crippen LogP contribution is -2.45. The number of sulfonamides is 1. The summed E-state index contributed by atoms with van der Waals surface area (Å²) in [6, 6.07) is 8.85. The molecule has 4 rings (SSSR count). The molecule has 0 aliphatic carbocycles. The van der Waals surface area contributed by atoms with Crippen molar-refractivity contribution >= 4 is 27.5 Å². The Morgan fingerprint density at radius 1 is 1.28 bits per heavy atom. The van der Waals surface area contributed by atoms with Crippen LogP contribution in [0.3, 0.4) is 0 Å². The molecule has 1 saturated heterocycles. The molecule has 32 heavy (non-hydrogen) atoms. The van der Waals surface area contributed by atoms with Gasteiger partial charge in [-0.05, 0) is 49.1 Å². The van der Waals surface area contributed by atoms with Crippen molar-refractivity contribution in [1.29, 1.82) is 0 Å². The van der Waals surface area contributed by atoms with E-state index >= 15 is 0 Å². The molecular formula is C22H24FN3O5S. The third-order valence-electron chi connectivity index (χ3n) is 5.66. The van der Waals surface area contributed by atoms with Gasteiger partial charge in [0.1, 0.15) is 11.6 Å². The van der Waals surface area contributed by atoms with Crippen molar-refractivity contribution in [3.63, 3.8) is 0 Å². The molecule has 2 N–H and O–H groups in total. The summed E-state index contributed by atoms with van der Waals surface area (Å²) in [7, 11) is -3.86. The molecule has 1 atom stereocenters. The Balaban J connectivity index is 1.47. The van der Waals surface area contributed by atoms with Crippen LogP contribution in [-0.2, 0) is 26.2 Å². The molecule has 0 aromatic heterocycles. The largest absolute Gasteiger partial charge is 0.482 e. The van der Waals surface area contributed by atoms with Gasteiger partial charge in [-0.3, -0.25) is 9.59 Å². The second-order valence-corrected chi connectivity index (χ2v) is 9.90. The molecule has 0 bridgehead atoms. The van der Waals surface area contributed by atoms with Gasteiger partial charge in [-0.2, -0.15) is 4.31 Å². The standard InChI is InChI=1S/C22H24FN3O5S/c1-14-9-18-19(31-13-21(27)25-18)10-20(14)32(29,30)26-8-2-3-16(12-26)22(28)24-11-15-4-6-17(23)7-5-15/h4-7,9-10,16H,2-3,8,11-13H2,1H3,(H,24,28)(H,25,27)/t16-/m0/s1. The van der Waals surface area contributed by atoms with Crippen LogP contribution in [0.25, 0.3) is 0 Å². The fourth-order valence-corrected chi connectivity index (χ4v) is 5.69. The molecular weight excluding hydrogens is 437 g/mol. The summed E-state index contributed by atoms with van der Waals surface area (Å²) in [6.07, 6.45) is 1.14.